The van der Waals surface area contributed by atoms with E-state index in [0.717, 1.165) is 43.7 Å². The van der Waals surface area contributed by atoms with Crippen molar-refractivity contribution in [2.24, 2.45) is 7.05 Å². The molecule has 1 aliphatic heterocycles. The Bertz CT molecular complexity index is 654. The molecule has 0 spiro atoms. The normalized spacial score (nSPS) is 18.7. The first-order valence-corrected chi connectivity index (χ1v) is 8.05. The van der Waals surface area contributed by atoms with Crippen molar-refractivity contribution in [1.82, 2.24) is 19.7 Å². The predicted molar refractivity (Wildman–Crippen MR) is 89.2 cm³/mol. The van der Waals surface area contributed by atoms with Crippen molar-refractivity contribution in [2.75, 3.05) is 25.0 Å². The van der Waals surface area contributed by atoms with Gasteiger partial charge in [-0.3, -0.25) is 19.4 Å². The van der Waals surface area contributed by atoms with E-state index >= 15 is 0 Å². The summed E-state index contributed by atoms with van der Waals surface area (Å²) in [5.74, 6) is 0.174. The molecule has 1 atom stereocenters. The molecule has 6 heteroatoms. The van der Waals surface area contributed by atoms with Crippen LogP contribution in [0.4, 0.5) is 5.69 Å². The fourth-order valence-corrected chi connectivity index (χ4v) is 3.06. The molecule has 1 aliphatic rings. The Hall–Kier alpha value is -2.21. The van der Waals surface area contributed by atoms with Gasteiger partial charge in [0.05, 0.1) is 17.9 Å². The van der Waals surface area contributed by atoms with Gasteiger partial charge in [-0.05, 0) is 32.0 Å². The van der Waals surface area contributed by atoms with Crippen LogP contribution in [0.25, 0.3) is 0 Å². The first kappa shape index (κ1) is 15.7. The number of amides is 1. The van der Waals surface area contributed by atoms with Crippen LogP contribution in [0.3, 0.4) is 0 Å². The van der Waals surface area contributed by atoms with Gasteiger partial charge < -0.3 is 4.90 Å². The molecule has 0 aromatic carbocycles. The van der Waals surface area contributed by atoms with E-state index in [1.54, 1.807) is 10.9 Å². The van der Waals surface area contributed by atoms with E-state index in [4.69, 9.17) is 0 Å². The number of aromatic nitrogens is 3. The smallest absolute Gasteiger partial charge is 0.244 e. The Morgan fingerprint density at radius 1 is 1.39 bits per heavy atom. The number of rotatable bonds is 5. The zero-order valence-corrected chi connectivity index (χ0v) is 13.7. The average Bonchev–Trinajstić information content (AvgIpc) is 3.00. The minimum atomic E-state index is -0.0623. The minimum absolute atomic E-state index is 0.0623. The summed E-state index contributed by atoms with van der Waals surface area (Å²) in [7, 11) is 3.90. The van der Waals surface area contributed by atoms with Gasteiger partial charge in [0.1, 0.15) is 0 Å². The van der Waals surface area contributed by atoms with E-state index < -0.39 is 0 Å². The van der Waals surface area contributed by atoms with Crippen molar-refractivity contribution in [2.45, 2.75) is 25.3 Å². The molecule has 1 unspecified atom stereocenters. The summed E-state index contributed by atoms with van der Waals surface area (Å²) in [6.45, 7) is 1.60. The number of hydrogen-bond acceptors (Lipinski definition) is 4. The van der Waals surface area contributed by atoms with E-state index in [1.807, 2.05) is 49.6 Å². The van der Waals surface area contributed by atoms with Gasteiger partial charge in [0.2, 0.25) is 5.91 Å². The van der Waals surface area contributed by atoms with Gasteiger partial charge in [-0.1, -0.05) is 6.07 Å². The number of likely N-dealkylation sites (N-methyl/N-ethyl adjacent to an activating group) is 1. The molecular weight excluding hydrogens is 290 g/mol. The van der Waals surface area contributed by atoms with E-state index in [2.05, 4.69) is 15.0 Å². The lowest BCUT2D eigenvalue weighted by Crippen LogP contribution is -2.51. The molecule has 6 nitrogen and oxygen atoms in total. The fraction of sp³-hybridized carbons (Fsp3) is 0.471. The molecule has 0 saturated carbocycles. The second-order valence-electron chi connectivity index (χ2n) is 6.07. The Kier molecular flexibility index (Phi) is 4.71. The minimum Gasteiger partial charge on any atom is -0.308 e. The van der Waals surface area contributed by atoms with Gasteiger partial charge in [-0.25, -0.2) is 0 Å². The van der Waals surface area contributed by atoms with Crippen LogP contribution >= 0.6 is 0 Å². The van der Waals surface area contributed by atoms with Crippen molar-refractivity contribution < 1.29 is 4.79 Å². The first-order valence-electron chi connectivity index (χ1n) is 8.05. The number of aryl methyl sites for hydroxylation is 1. The summed E-state index contributed by atoms with van der Waals surface area (Å²) >= 11 is 0. The monoisotopic (exact) mass is 313 g/mol. The predicted octanol–water partition coefficient (Wildman–Crippen LogP) is 1.48. The third-order valence-corrected chi connectivity index (χ3v) is 4.39. The summed E-state index contributed by atoms with van der Waals surface area (Å²) in [5, 5.41) is 4.17. The lowest BCUT2D eigenvalue weighted by molar-refractivity contribution is -0.124. The zero-order chi connectivity index (χ0) is 16.2. The highest BCUT2D eigenvalue weighted by Gasteiger charge is 2.32. The number of carbonyl (C=O) groups excluding carboxylic acids is 1. The second-order valence-corrected chi connectivity index (χ2v) is 6.07. The van der Waals surface area contributed by atoms with Gasteiger partial charge in [0.15, 0.2) is 0 Å². The summed E-state index contributed by atoms with van der Waals surface area (Å²) in [6, 6.07) is 5.88. The summed E-state index contributed by atoms with van der Waals surface area (Å²) in [5.41, 5.74) is 1.95. The largest absolute Gasteiger partial charge is 0.308 e. The average molecular weight is 313 g/mol. The molecule has 1 fully saturated rings. The number of pyridine rings is 1. The second kappa shape index (κ2) is 6.91. The molecule has 1 amide bonds. The van der Waals surface area contributed by atoms with Gasteiger partial charge >= 0.3 is 0 Å². The van der Waals surface area contributed by atoms with Crippen LogP contribution < -0.4 is 4.90 Å². The molecule has 122 valence electrons. The van der Waals surface area contributed by atoms with Crippen LogP contribution in [0.2, 0.25) is 0 Å². The van der Waals surface area contributed by atoms with Gasteiger partial charge in [-0.15, -0.1) is 0 Å². The lowest BCUT2D eigenvalue weighted by atomic mass is 10.0. The maximum atomic E-state index is 12.8. The van der Waals surface area contributed by atoms with Crippen LogP contribution in [0.5, 0.6) is 0 Å². The molecule has 3 rings (SSSR count). The molecular formula is C17H23N5O. The maximum Gasteiger partial charge on any atom is 0.244 e. The summed E-state index contributed by atoms with van der Waals surface area (Å²) < 4.78 is 1.73. The molecule has 0 radical (unpaired) electrons. The van der Waals surface area contributed by atoms with Gasteiger partial charge in [0, 0.05) is 44.6 Å². The van der Waals surface area contributed by atoms with Crippen molar-refractivity contribution in [3.63, 3.8) is 0 Å². The number of anilines is 1. The molecule has 2 aromatic rings. The van der Waals surface area contributed by atoms with Gasteiger partial charge in [0.25, 0.3) is 0 Å². The summed E-state index contributed by atoms with van der Waals surface area (Å²) in [4.78, 5) is 21.2. The summed E-state index contributed by atoms with van der Waals surface area (Å²) in [6.07, 6.45) is 8.25. The standard InChI is InChI=1S/C17H23N5O/c1-20(11-8-14-6-3-4-9-18-14)16-7-5-10-22(17(16)23)15-12-19-21(2)13-15/h3-4,6,9,12-13,16H,5,7-8,10-11H2,1-2H3. The van der Waals surface area contributed by atoms with Crippen LogP contribution in [-0.4, -0.2) is 51.8 Å². The number of hydrogen-bond donors (Lipinski definition) is 0. The Balaban J connectivity index is 1.63. The molecule has 23 heavy (non-hydrogen) atoms. The highest BCUT2D eigenvalue weighted by atomic mass is 16.2. The molecule has 2 aromatic heterocycles. The van der Waals surface area contributed by atoms with E-state index in [9.17, 15) is 4.79 Å². The molecule has 0 aliphatic carbocycles. The highest BCUT2D eigenvalue weighted by Crippen LogP contribution is 2.22. The highest BCUT2D eigenvalue weighted by molar-refractivity contribution is 5.97. The Morgan fingerprint density at radius 3 is 2.96 bits per heavy atom. The van der Waals surface area contributed by atoms with Crippen molar-refractivity contribution in [3.8, 4) is 0 Å². The first-order chi connectivity index (χ1) is 11.1. The third kappa shape index (κ3) is 3.59. The molecule has 3 heterocycles. The van der Waals surface area contributed by atoms with Gasteiger partial charge in [-0.2, -0.15) is 5.10 Å². The Labute approximate surface area is 136 Å². The quantitative estimate of drug-likeness (QED) is 0.839. The number of carbonyl (C=O) groups is 1. The SMILES string of the molecule is CN(CCc1ccccn1)C1CCCN(c2cnn(C)c2)C1=O. The van der Waals surface area contributed by atoms with Crippen molar-refractivity contribution in [1.29, 1.82) is 0 Å². The number of nitrogens with zero attached hydrogens (tertiary/aromatic N) is 5. The molecule has 0 N–H and O–H groups in total. The lowest BCUT2D eigenvalue weighted by Gasteiger charge is -2.36. The van der Waals surface area contributed by atoms with Crippen LogP contribution in [0.1, 0.15) is 18.5 Å². The molecule has 1 saturated heterocycles. The third-order valence-electron chi connectivity index (χ3n) is 4.39. The van der Waals surface area contributed by atoms with Crippen LogP contribution in [0, 0.1) is 0 Å². The fourth-order valence-electron chi connectivity index (χ4n) is 3.06. The van der Waals surface area contributed by atoms with Crippen LogP contribution in [-0.2, 0) is 18.3 Å². The van der Waals surface area contributed by atoms with E-state index in [-0.39, 0.29) is 11.9 Å². The zero-order valence-electron chi connectivity index (χ0n) is 13.7. The number of piperidine rings is 1. The Morgan fingerprint density at radius 2 is 2.26 bits per heavy atom. The topological polar surface area (TPSA) is 54.3 Å². The van der Waals surface area contributed by atoms with Crippen LogP contribution in [0.15, 0.2) is 36.8 Å². The maximum absolute atomic E-state index is 12.8. The molecule has 0 bridgehead atoms. The van der Waals surface area contributed by atoms with E-state index in [1.165, 1.54) is 0 Å². The van der Waals surface area contributed by atoms with Crippen molar-refractivity contribution >= 4 is 11.6 Å². The van der Waals surface area contributed by atoms with Crippen molar-refractivity contribution in [3.05, 3.63) is 42.5 Å². The van der Waals surface area contributed by atoms with E-state index in [0.29, 0.717) is 0 Å².